The molecule has 158 valence electrons. The molecule has 1 atom stereocenters. The monoisotopic (exact) mass is 450 g/mol. The fraction of sp³-hybridized carbons (Fsp3) is 0.333. The lowest BCUT2D eigenvalue weighted by Crippen LogP contribution is -2.22. The minimum atomic E-state index is -4.59. The number of nitro benzene ring substituents is 1. The summed E-state index contributed by atoms with van der Waals surface area (Å²) in [5.74, 6) is -0.214. The molecule has 2 aromatic rings. The maximum absolute atomic E-state index is 12.8. The predicted molar refractivity (Wildman–Crippen MR) is 101 cm³/mol. The smallest absolute Gasteiger partial charge is 0.416 e. The maximum atomic E-state index is 12.8. The largest absolute Gasteiger partial charge is 0.796 e. The fourth-order valence-electron chi connectivity index (χ4n) is 2.75. The van der Waals surface area contributed by atoms with Gasteiger partial charge in [0.25, 0.3) is 5.69 Å². The third-order valence-electron chi connectivity index (χ3n) is 4.08. The number of hydrogen-bond acceptors (Lipinski definition) is 5. The number of nitro groups is 1. The van der Waals surface area contributed by atoms with Crippen LogP contribution in [0, 0.1) is 10.1 Å². The van der Waals surface area contributed by atoms with Gasteiger partial charge in [-0.25, -0.2) is 0 Å². The van der Waals surface area contributed by atoms with Crippen LogP contribution in [0.15, 0.2) is 30.3 Å². The van der Waals surface area contributed by atoms with Crippen LogP contribution in [0.4, 0.5) is 18.9 Å². The molecule has 0 bridgehead atoms. The molecule has 0 fully saturated rings. The van der Waals surface area contributed by atoms with Crippen molar-refractivity contribution in [3.63, 3.8) is 0 Å². The summed E-state index contributed by atoms with van der Waals surface area (Å²) in [5, 5.41) is 10.7. The number of ether oxygens (including phenoxy) is 1. The normalized spacial score (nSPS) is 13.8. The molecule has 0 aliphatic rings. The molecule has 0 heterocycles. The van der Waals surface area contributed by atoms with Crippen molar-refractivity contribution in [2.45, 2.75) is 32.9 Å². The van der Waals surface area contributed by atoms with E-state index in [0.29, 0.717) is 6.07 Å². The molecule has 2 rings (SSSR count). The molecule has 11 heteroatoms. The zero-order valence-electron chi connectivity index (χ0n) is 15.5. The summed E-state index contributed by atoms with van der Waals surface area (Å²) in [6, 6.07) is 4.74. The van der Waals surface area contributed by atoms with Gasteiger partial charge in [-0.2, -0.15) is 13.2 Å². The summed E-state index contributed by atoms with van der Waals surface area (Å²) in [6.07, 6.45) is -4.46. The van der Waals surface area contributed by atoms with Crippen LogP contribution in [0.25, 0.3) is 0 Å². The Morgan fingerprint density at radius 3 is 2.34 bits per heavy atom. The number of rotatable bonds is 7. The summed E-state index contributed by atoms with van der Waals surface area (Å²) in [5.41, 5.74) is -1.37. The summed E-state index contributed by atoms with van der Waals surface area (Å²) in [7, 11) is -4.30. The molecule has 0 N–H and O–H groups in total. The van der Waals surface area contributed by atoms with Crippen molar-refractivity contribution in [2.75, 3.05) is 6.16 Å². The lowest BCUT2D eigenvalue weighted by Gasteiger charge is -2.24. The van der Waals surface area contributed by atoms with Crippen LogP contribution >= 0.6 is 19.0 Å². The number of alkyl halides is 3. The van der Waals surface area contributed by atoms with E-state index in [0.717, 1.165) is 18.2 Å². The van der Waals surface area contributed by atoms with Gasteiger partial charge in [0.15, 0.2) is 0 Å². The molecule has 0 amide bonds. The Kier molecular flexibility index (Phi) is 6.98. The van der Waals surface area contributed by atoms with Gasteiger partial charge in [-0.3, -0.25) is 10.1 Å². The number of nitrogens with zero attached hydrogens (tertiary/aromatic N) is 1. The Morgan fingerprint density at radius 1 is 1.21 bits per heavy atom. The van der Waals surface area contributed by atoms with E-state index < -0.39 is 35.0 Å². The Bertz CT molecular complexity index is 981. The Morgan fingerprint density at radius 2 is 1.86 bits per heavy atom. The van der Waals surface area contributed by atoms with E-state index in [4.69, 9.17) is 16.3 Å². The van der Waals surface area contributed by atoms with Gasteiger partial charge in [-0.1, -0.05) is 31.9 Å². The third kappa shape index (κ3) is 5.29. The molecule has 0 saturated heterocycles. The van der Waals surface area contributed by atoms with Crippen LogP contribution in [0.3, 0.4) is 0 Å². The Labute approximate surface area is 169 Å². The number of hydrogen-bond donors (Lipinski definition) is 0. The average molecular weight is 451 g/mol. The van der Waals surface area contributed by atoms with E-state index in [1.807, 2.05) is 0 Å². The van der Waals surface area contributed by atoms with Gasteiger partial charge in [-0.05, 0) is 42.9 Å². The molecule has 1 unspecified atom stereocenters. The fourth-order valence-corrected chi connectivity index (χ4v) is 4.67. The summed E-state index contributed by atoms with van der Waals surface area (Å²) in [4.78, 5) is 23.3. The van der Waals surface area contributed by atoms with Crippen molar-refractivity contribution in [3.05, 3.63) is 56.6 Å². The second-order valence-corrected chi connectivity index (χ2v) is 8.89. The first-order valence-corrected chi connectivity index (χ1v) is 10.8. The van der Waals surface area contributed by atoms with E-state index in [1.54, 1.807) is 13.8 Å². The zero-order chi connectivity index (χ0) is 22.0. The van der Waals surface area contributed by atoms with Crippen molar-refractivity contribution in [2.24, 2.45) is 0 Å². The SMILES string of the molecule is CCCP(=O)([O-])c1cc(Oc2ccc(C(F)(F)F)cc2Cl)cc(CC)c1[N+](=O)[O-]. The predicted octanol–water partition coefficient (Wildman–Crippen LogP) is 5.30. The average Bonchev–Trinajstić information content (AvgIpc) is 2.61. The lowest BCUT2D eigenvalue weighted by molar-refractivity contribution is -0.384. The first-order valence-electron chi connectivity index (χ1n) is 8.57. The van der Waals surface area contributed by atoms with Crippen LogP contribution in [0.1, 0.15) is 31.4 Å². The first-order chi connectivity index (χ1) is 13.4. The first kappa shape index (κ1) is 23.2. The quantitative estimate of drug-likeness (QED) is 0.324. The van der Waals surface area contributed by atoms with Crippen molar-refractivity contribution >= 4 is 30.0 Å². The second-order valence-electron chi connectivity index (χ2n) is 6.20. The molecule has 0 radical (unpaired) electrons. The van der Waals surface area contributed by atoms with Gasteiger partial charge < -0.3 is 14.2 Å². The highest BCUT2D eigenvalue weighted by Gasteiger charge is 2.31. The highest BCUT2D eigenvalue weighted by Crippen LogP contribution is 2.43. The van der Waals surface area contributed by atoms with E-state index in [1.165, 1.54) is 6.07 Å². The third-order valence-corrected chi connectivity index (χ3v) is 6.48. The number of aryl methyl sites for hydroxylation is 1. The minimum Gasteiger partial charge on any atom is -0.796 e. The highest BCUT2D eigenvalue weighted by atomic mass is 35.5. The van der Waals surface area contributed by atoms with Crippen LogP contribution < -0.4 is 14.9 Å². The Hall–Kier alpha value is -2.09. The van der Waals surface area contributed by atoms with E-state index in [-0.39, 0.29) is 41.1 Å². The molecule has 0 saturated carbocycles. The molecular weight excluding hydrogens is 434 g/mol. The summed E-state index contributed by atoms with van der Waals surface area (Å²) >= 11 is 5.87. The topological polar surface area (TPSA) is 92.5 Å². The van der Waals surface area contributed by atoms with Gasteiger partial charge >= 0.3 is 6.18 Å². The standard InChI is InChI=1S/C18H18ClF3NO5P/c1-3-7-29(26,27)16-10-13(8-11(4-2)17(16)23(24)25)28-15-6-5-12(9-14(15)19)18(20,21)22/h5-6,8-10H,3-4,7H2,1-2H3,(H,26,27)/p-1. The van der Waals surface area contributed by atoms with Crippen molar-refractivity contribution < 1.29 is 32.3 Å². The van der Waals surface area contributed by atoms with Gasteiger partial charge in [-0.15, -0.1) is 0 Å². The van der Waals surface area contributed by atoms with Crippen LogP contribution in [-0.2, 0) is 17.2 Å². The lowest BCUT2D eigenvalue weighted by atomic mass is 10.1. The van der Waals surface area contributed by atoms with Gasteiger partial charge in [0.05, 0.1) is 28.2 Å². The van der Waals surface area contributed by atoms with Crippen LogP contribution in [0.5, 0.6) is 11.5 Å². The number of benzene rings is 2. The summed E-state index contributed by atoms with van der Waals surface area (Å²) < 4.78 is 56.4. The molecule has 6 nitrogen and oxygen atoms in total. The molecule has 0 aliphatic carbocycles. The van der Waals surface area contributed by atoms with E-state index in [9.17, 15) is 32.7 Å². The molecule has 0 aromatic heterocycles. The minimum absolute atomic E-state index is 0.0729. The maximum Gasteiger partial charge on any atom is 0.416 e. The molecular formula is C18H17ClF3NO5P-. The van der Waals surface area contributed by atoms with Crippen LogP contribution in [-0.4, -0.2) is 11.1 Å². The highest BCUT2D eigenvalue weighted by molar-refractivity contribution is 7.65. The zero-order valence-corrected chi connectivity index (χ0v) is 17.1. The van der Waals surface area contributed by atoms with Crippen molar-refractivity contribution in [3.8, 4) is 11.5 Å². The van der Waals surface area contributed by atoms with Gasteiger partial charge in [0.1, 0.15) is 11.5 Å². The number of halogens is 4. The molecule has 0 spiro atoms. The van der Waals surface area contributed by atoms with E-state index >= 15 is 0 Å². The van der Waals surface area contributed by atoms with Crippen molar-refractivity contribution in [1.29, 1.82) is 0 Å². The molecule has 29 heavy (non-hydrogen) atoms. The Balaban J connectivity index is 2.57. The van der Waals surface area contributed by atoms with Crippen LogP contribution in [0.2, 0.25) is 5.02 Å². The van der Waals surface area contributed by atoms with E-state index in [2.05, 4.69) is 0 Å². The van der Waals surface area contributed by atoms with Crippen molar-refractivity contribution in [1.82, 2.24) is 0 Å². The van der Waals surface area contributed by atoms with Gasteiger partial charge in [0, 0.05) is 5.56 Å². The summed E-state index contributed by atoms with van der Waals surface area (Å²) in [6.45, 7) is 3.23. The molecule has 2 aromatic carbocycles. The molecule has 0 aliphatic heterocycles. The second kappa shape index (κ2) is 8.73. The van der Waals surface area contributed by atoms with Gasteiger partial charge in [0.2, 0.25) is 0 Å².